The molecule has 15 heavy (non-hydrogen) atoms. The first-order valence-electron chi connectivity index (χ1n) is 5.51. The van der Waals surface area contributed by atoms with E-state index in [4.69, 9.17) is 5.26 Å². The molecule has 4 heteroatoms. The van der Waals surface area contributed by atoms with Gasteiger partial charge in [0.1, 0.15) is 12.4 Å². The van der Waals surface area contributed by atoms with Crippen LogP contribution in [-0.2, 0) is 4.79 Å². The maximum Gasteiger partial charge on any atom is 0.141 e. The van der Waals surface area contributed by atoms with Gasteiger partial charge >= 0.3 is 0 Å². The van der Waals surface area contributed by atoms with Gasteiger partial charge in [0.15, 0.2) is 0 Å². The lowest BCUT2D eigenvalue weighted by molar-refractivity contribution is -0.108. The lowest BCUT2D eigenvalue weighted by Gasteiger charge is -2.32. The molecule has 0 fully saturated rings. The van der Waals surface area contributed by atoms with Crippen LogP contribution in [0.3, 0.4) is 0 Å². The molecule has 0 rings (SSSR count). The van der Waals surface area contributed by atoms with Crippen molar-refractivity contribution in [3.8, 4) is 6.07 Å². The zero-order chi connectivity index (χ0) is 11.9. The van der Waals surface area contributed by atoms with Crippen molar-refractivity contribution in [3.05, 3.63) is 0 Å². The van der Waals surface area contributed by atoms with E-state index >= 15 is 0 Å². The van der Waals surface area contributed by atoms with Crippen LogP contribution >= 0.6 is 0 Å². The summed E-state index contributed by atoms with van der Waals surface area (Å²) in [6.07, 6.45) is 2.40. The molecular formula is C11H21NO2Si. The summed E-state index contributed by atoms with van der Waals surface area (Å²) in [6.45, 7) is 6.43. The molecule has 0 saturated heterocycles. The Morgan fingerprint density at radius 2 is 2.13 bits per heavy atom. The van der Waals surface area contributed by atoms with Gasteiger partial charge in [0.25, 0.3) is 0 Å². The van der Waals surface area contributed by atoms with Crippen LogP contribution in [0.5, 0.6) is 0 Å². The lowest BCUT2D eigenvalue weighted by atomic mass is 10.2. The summed E-state index contributed by atoms with van der Waals surface area (Å²) in [5.41, 5.74) is -0.119. The maximum atomic E-state index is 10.6. The average Bonchev–Trinajstić information content (AvgIpc) is 2.21. The van der Waals surface area contributed by atoms with Gasteiger partial charge in [0.05, 0.1) is 14.1 Å². The second kappa shape index (κ2) is 6.75. The Balaban J connectivity index is 4.58. The Morgan fingerprint density at radius 1 is 1.53 bits per heavy atom. The molecule has 2 atom stereocenters. The minimum absolute atomic E-state index is 0.119. The maximum absolute atomic E-state index is 10.6. The van der Waals surface area contributed by atoms with E-state index in [1.54, 1.807) is 0 Å². The van der Waals surface area contributed by atoms with E-state index in [1.807, 2.05) is 6.07 Å². The Morgan fingerprint density at radius 3 is 2.53 bits per heavy atom. The summed E-state index contributed by atoms with van der Waals surface area (Å²) in [5, 5.41) is 18.3. The Kier molecular flexibility index (Phi) is 6.45. The molecule has 1 N–H and O–H groups in total. The third-order valence-electron chi connectivity index (χ3n) is 3.04. The van der Waals surface area contributed by atoms with Crippen LogP contribution in [0.25, 0.3) is 0 Å². The molecule has 0 aliphatic rings. The van der Waals surface area contributed by atoms with Gasteiger partial charge < -0.3 is 9.90 Å². The van der Waals surface area contributed by atoms with Crippen molar-refractivity contribution in [1.29, 1.82) is 5.26 Å². The van der Waals surface area contributed by atoms with Crippen molar-refractivity contribution in [2.45, 2.75) is 57.0 Å². The van der Waals surface area contributed by atoms with Gasteiger partial charge in [-0.25, -0.2) is 0 Å². The van der Waals surface area contributed by atoms with Gasteiger partial charge in [-0.1, -0.05) is 38.9 Å². The number of aldehydes is 1. The second-order valence-corrected chi connectivity index (χ2v) is 9.89. The van der Waals surface area contributed by atoms with Crippen LogP contribution in [0, 0.1) is 11.3 Å². The van der Waals surface area contributed by atoms with E-state index in [0.717, 1.165) is 25.2 Å². The zero-order valence-corrected chi connectivity index (χ0v) is 10.9. The number of nitrogens with zero attached hydrogens (tertiary/aromatic N) is 1. The van der Waals surface area contributed by atoms with Gasteiger partial charge in [-0.2, -0.15) is 5.26 Å². The van der Waals surface area contributed by atoms with Crippen LogP contribution in [0.15, 0.2) is 0 Å². The molecule has 86 valence electrons. The summed E-state index contributed by atoms with van der Waals surface area (Å²) in [4.78, 5) is 10.6. The molecule has 0 spiro atoms. The predicted octanol–water partition coefficient (Wildman–Crippen LogP) is 2.34. The SMILES string of the molecule is CCCC[Si](C)(C)C(CC=O)C(O)C#N. The Labute approximate surface area is 93.1 Å². The third kappa shape index (κ3) is 4.58. The van der Waals surface area contributed by atoms with E-state index in [-0.39, 0.29) is 5.54 Å². The Hall–Kier alpha value is -0.663. The van der Waals surface area contributed by atoms with Crippen molar-refractivity contribution in [2.24, 2.45) is 0 Å². The minimum Gasteiger partial charge on any atom is -0.378 e. The second-order valence-electron chi connectivity index (χ2n) is 4.67. The van der Waals surface area contributed by atoms with Crippen LogP contribution in [0.1, 0.15) is 26.2 Å². The van der Waals surface area contributed by atoms with Gasteiger partial charge in [0.2, 0.25) is 0 Å². The number of unbranched alkanes of at least 4 members (excludes halogenated alkanes) is 1. The molecule has 0 aromatic carbocycles. The quantitative estimate of drug-likeness (QED) is 0.412. The Bertz CT molecular complexity index is 235. The molecular weight excluding hydrogens is 206 g/mol. The number of hydrogen-bond donors (Lipinski definition) is 1. The number of aliphatic hydroxyl groups excluding tert-OH is 1. The summed E-state index contributed by atoms with van der Waals surface area (Å²) in [6, 6.07) is 2.93. The summed E-state index contributed by atoms with van der Waals surface area (Å²) >= 11 is 0. The fourth-order valence-corrected chi connectivity index (χ4v) is 5.19. The van der Waals surface area contributed by atoms with Crippen LogP contribution in [0.4, 0.5) is 0 Å². The normalized spacial score (nSPS) is 15.4. The number of hydrogen-bond acceptors (Lipinski definition) is 3. The number of aliphatic hydroxyl groups is 1. The molecule has 0 bridgehead atoms. The highest BCUT2D eigenvalue weighted by Crippen LogP contribution is 2.32. The highest BCUT2D eigenvalue weighted by molar-refractivity contribution is 6.79. The average molecular weight is 227 g/mol. The van der Waals surface area contributed by atoms with E-state index in [0.29, 0.717) is 6.42 Å². The van der Waals surface area contributed by atoms with Crippen LogP contribution < -0.4 is 0 Å². The highest BCUT2D eigenvalue weighted by Gasteiger charge is 2.35. The first kappa shape index (κ1) is 14.3. The molecule has 0 saturated carbocycles. The number of nitriles is 1. The minimum atomic E-state index is -1.66. The standard InChI is InChI=1S/C11H21NO2Si/c1-4-5-8-15(2,3)11(6-7-13)10(14)9-12/h7,10-11,14H,4-6,8H2,1-3H3. The largest absolute Gasteiger partial charge is 0.378 e. The summed E-state index contributed by atoms with van der Waals surface area (Å²) in [7, 11) is -1.66. The van der Waals surface area contributed by atoms with Crippen LogP contribution in [-0.4, -0.2) is 25.6 Å². The smallest absolute Gasteiger partial charge is 0.141 e. The van der Waals surface area contributed by atoms with Gasteiger partial charge in [-0.15, -0.1) is 0 Å². The molecule has 0 aromatic heterocycles. The van der Waals surface area contributed by atoms with E-state index < -0.39 is 14.2 Å². The lowest BCUT2D eigenvalue weighted by Crippen LogP contribution is -2.39. The molecule has 0 aliphatic carbocycles. The fourth-order valence-electron chi connectivity index (χ4n) is 1.89. The molecule has 2 unspecified atom stereocenters. The molecule has 0 amide bonds. The van der Waals surface area contributed by atoms with Crippen molar-refractivity contribution in [2.75, 3.05) is 0 Å². The molecule has 3 nitrogen and oxygen atoms in total. The number of carbonyl (C=O) groups is 1. The topological polar surface area (TPSA) is 61.1 Å². The molecule has 0 radical (unpaired) electrons. The van der Waals surface area contributed by atoms with E-state index in [1.165, 1.54) is 0 Å². The van der Waals surface area contributed by atoms with Crippen molar-refractivity contribution in [1.82, 2.24) is 0 Å². The van der Waals surface area contributed by atoms with Gasteiger partial charge in [-0.3, -0.25) is 0 Å². The van der Waals surface area contributed by atoms with Crippen molar-refractivity contribution in [3.63, 3.8) is 0 Å². The zero-order valence-electron chi connectivity index (χ0n) is 9.86. The van der Waals surface area contributed by atoms with Gasteiger partial charge in [0, 0.05) is 6.42 Å². The van der Waals surface area contributed by atoms with Crippen molar-refractivity contribution >= 4 is 14.4 Å². The monoisotopic (exact) mass is 227 g/mol. The van der Waals surface area contributed by atoms with Crippen molar-refractivity contribution < 1.29 is 9.90 Å². The summed E-state index contributed by atoms with van der Waals surface area (Å²) < 4.78 is 0. The fraction of sp³-hybridized carbons (Fsp3) is 0.818. The summed E-state index contributed by atoms with van der Waals surface area (Å²) in [5.74, 6) is 0. The van der Waals surface area contributed by atoms with Crippen LogP contribution in [0.2, 0.25) is 24.7 Å². The van der Waals surface area contributed by atoms with Gasteiger partial charge in [-0.05, 0) is 5.54 Å². The predicted molar refractivity (Wildman–Crippen MR) is 63.2 cm³/mol. The first-order chi connectivity index (χ1) is 6.99. The highest BCUT2D eigenvalue weighted by atomic mass is 28.3. The first-order valence-corrected chi connectivity index (χ1v) is 8.79. The number of rotatable bonds is 7. The third-order valence-corrected chi connectivity index (χ3v) is 7.24. The molecule has 0 aromatic rings. The molecule has 0 heterocycles. The van der Waals surface area contributed by atoms with E-state index in [2.05, 4.69) is 20.0 Å². The van der Waals surface area contributed by atoms with E-state index in [9.17, 15) is 9.90 Å². The molecule has 0 aliphatic heterocycles. The number of carbonyl (C=O) groups excluding carboxylic acids is 1.